The molecule has 2 atom stereocenters. The van der Waals surface area contributed by atoms with Crippen LogP contribution in [0.2, 0.25) is 0 Å². The highest BCUT2D eigenvalue weighted by Gasteiger charge is 2.41. The van der Waals surface area contributed by atoms with Gasteiger partial charge in [-0.05, 0) is 60.5 Å². The smallest absolute Gasteiger partial charge is 0.302 e. The quantitative estimate of drug-likeness (QED) is 0.307. The first-order valence-corrected chi connectivity index (χ1v) is 13.8. The van der Waals surface area contributed by atoms with Crippen LogP contribution in [0.15, 0.2) is 97.1 Å². The van der Waals surface area contributed by atoms with Crippen molar-refractivity contribution in [3.8, 4) is 11.1 Å². The molecule has 4 aromatic carbocycles. The first kappa shape index (κ1) is 26.3. The number of benzene rings is 4. The fourth-order valence-electron chi connectivity index (χ4n) is 5.81. The second-order valence-electron chi connectivity index (χ2n) is 10.6. The minimum atomic E-state index is -0.290. The standard InChI is InChI=1S/C34H31N3O4/c1-22-11-13-24(14-12-22)29-7-3-4-8-30(29)33(39)35-26-17-15-25(16-18-26)34(40)37-20-27-19-28(41-23(2)38)21-36(27)31-9-5-6-10-32(31)37/h3-18,27-28H,19-21H2,1-2H3,(H,35,39)/t27-,28-/m0/s1. The molecule has 206 valence electrons. The number of esters is 1. The van der Waals surface area contributed by atoms with Gasteiger partial charge in [-0.1, -0.05) is 60.2 Å². The molecule has 0 saturated carbocycles. The van der Waals surface area contributed by atoms with Crippen molar-refractivity contribution < 1.29 is 19.1 Å². The first-order chi connectivity index (χ1) is 19.9. The fourth-order valence-corrected chi connectivity index (χ4v) is 5.81. The fraction of sp³-hybridized carbons (Fsp3) is 0.206. The Morgan fingerprint density at radius 2 is 1.49 bits per heavy atom. The number of nitrogens with one attached hydrogen (secondary N) is 1. The maximum atomic E-state index is 13.7. The maximum absolute atomic E-state index is 13.7. The van der Waals surface area contributed by atoms with E-state index in [1.54, 1.807) is 29.2 Å². The predicted molar refractivity (Wildman–Crippen MR) is 160 cm³/mol. The lowest BCUT2D eigenvalue weighted by atomic mass is 9.98. The van der Waals surface area contributed by atoms with Gasteiger partial charge in [0, 0.05) is 36.7 Å². The Kier molecular flexibility index (Phi) is 7.01. The average Bonchev–Trinajstić information content (AvgIpc) is 3.39. The summed E-state index contributed by atoms with van der Waals surface area (Å²) in [4.78, 5) is 42.6. The molecule has 0 aromatic heterocycles. The molecule has 41 heavy (non-hydrogen) atoms. The molecule has 1 N–H and O–H groups in total. The molecule has 2 amide bonds. The average molecular weight is 546 g/mol. The van der Waals surface area contributed by atoms with Gasteiger partial charge in [-0.3, -0.25) is 14.4 Å². The van der Waals surface area contributed by atoms with Crippen LogP contribution in [0.5, 0.6) is 0 Å². The molecule has 7 nitrogen and oxygen atoms in total. The summed E-state index contributed by atoms with van der Waals surface area (Å²) in [5.74, 6) is -0.619. The van der Waals surface area contributed by atoms with Crippen molar-refractivity contribution in [2.24, 2.45) is 0 Å². The van der Waals surface area contributed by atoms with Crippen LogP contribution in [0, 0.1) is 6.92 Å². The summed E-state index contributed by atoms with van der Waals surface area (Å²) in [6.07, 6.45) is 0.479. The van der Waals surface area contributed by atoms with Crippen LogP contribution >= 0.6 is 0 Å². The molecule has 1 saturated heterocycles. The molecular formula is C34H31N3O4. The topological polar surface area (TPSA) is 79.0 Å². The van der Waals surface area contributed by atoms with Crippen molar-refractivity contribution in [1.29, 1.82) is 0 Å². The SMILES string of the molecule is CC(=O)O[C@H]1C[C@H]2CN(C(=O)c3ccc(NC(=O)c4ccccc4-c4ccc(C)cc4)cc3)c3ccccc3N2C1. The molecule has 2 heterocycles. The predicted octanol–water partition coefficient (Wildman–Crippen LogP) is 6.09. The number of amides is 2. The van der Waals surface area contributed by atoms with E-state index in [1.165, 1.54) is 6.92 Å². The van der Waals surface area contributed by atoms with E-state index in [-0.39, 0.29) is 29.9 Å². The number of para-hydroxylation sites is 2. The summed E-state index contributed by atoms with van der Waals surface area (Å²) in [7, 11) is 0. The molecule has 0 aliphatic carbocycles. The summed E-state index contributed by atoms with van der Waals surface area (Å²) in [6, 6.07) is 30.5. The monoisotopic (exact) mass is 545 g/mol. The highest BCUT2D eigenvalue weighted by molar-refractivity contribution is 6.10. The maximum Gasteiger partial charge on any atom is 0.302 e. The Balaban J connectivity index is 1.19. The van der Waals surface area contributed by atoms with E-state index in [0.717, 1.165) is 28.1 Å². The number of carbonyl (C=O) groups excluding carboxylic acids is 3. The second-order valence-corrected chi connectivity index (χ2v) is 10.6. The molecule has 0 radical (unpaired) electrons. The molecule has 0 unspecified atom stereocenters. The number of hydrogen-bond donors (Lipinski definition) is 1. The van der Waals surface area contributed by atoms with Gasteiger partial charge in [0.2, 0.25) is 0 Å². The number of rotatable bonds is 5. The van der Waals surface area contributed by atoms with Gasteiger partial charge in [0.15, 0.2) is 0 Å². The third-order valence-corrected chi connectivity index (χ3v) is 7.75. The lowest BCUT2D eigenvalue weighted by Crippen LogP contribution is -2.48. The van der Waals surface area contributed by atoms with Crippen molar-refractivity contribution >= 4 is 34.8 Å². The van der Waals surface area contributed by atoms with Gasteiger partial charge in [-0.2, -0.15) is 0 Å². The van der Waals surface area contributed by atoms with Crippen molar-refractivity contribution in [2.45, 2.75) is 32.4 Å². The van der Waals surface area contributed by atoms with E-state index in [9.17, 15) is 14.4 Å². The van der Waals surface area contributed by atoms with E-state index >= 15 is 0 Å². The molecule has 0 spiro atoms. The number of fused-ring (bicyclic) bond motifs is 3. The normalized spacial score (nSPS) is 17.4. The van der Waals surface area contributed by atoms with Gasteiger partial charge < -0.3 is 19.9 Å². The van der Waals surface area contributed by atoms with Crippen molar-refractivity contribution in [2.75, 3.05) is 28.2 Å². The third-order valence-electron chi connectivity index (χ3n) is 7.75. The van der Waals surface area contributed by atoms with Crippen LogP contribution in [0.4, 0.5) is 17.1 Å². The van der Waals surface area contributed by atoms with E-state index in [0.29, 0.717) is 36.3 Å². The number of aryl methyl sites for hydroxylation is 1. The molecule has 0 bridgehead atoms. The molecular weight excluding hydrogens is 514 g/mol. The van der Waals surface area contributed by atoms with Gasteiger partial charge in [0.05, 0.1) is 24.0 Å². The summed E-state index contributed by atoms with van der Waals surface area (Å²) in [6.45, 7) is 4.58. The van der Waals surface area contributed by atoms with Crippen LogP contribution in [-0.4, -0.2) is 43.0 Å². The van der Waals surface area contributed by atoms with Crippen molar-refractivity contribution in [3.05, 3.63) is 114 Å². The Morgan fingerprint density at radius 1 is 0.805 bits per heavy atom. The zero-order chi connectivity index (χ0) is 28.5. The zero-order valence-electron chi connectivity index (χ0n) is 23.0. The number of anilines is 3. The summed E-state index contributed by atoms with van der Waals surface area (Å²) in [5.41, 5.74) is 6.50. The Morgan fingerprint density at radius 3 is 2.22 bits per heavy atom. The Labute approximate surface area is 239 Å². The summed E-state index contributed by atoms with van der Waals surface area (Å²) >= 11 is 0. The highest BCUT2D eigenvalue weighted by Crippen LogP contribution is 2.40. The molecule has 7 heteroatoms. The van der Waals surface area contributed by atoms with E-state index in [1.807, 2.05) is 79.7 Å². The Hall–Kier alpha value is -4.91. The largest absolute Gasteiger partial charge is 0.461 e. The van der Waals surface area contributed by atoms with Crippen LogP contribution in [-0.2, 0) is 9.53 Å². The van der Waals surface area contributed by atoms with Gasteiger partial charge in [0.25, 0.3) is 11.8 Å². The van der Waals surface area contributed by atoms with Gasteiger partial charge in [-0.15, -0.1) is 0 Å². The van der Waals surface area contributed by atoms with Crippen LogP contribution in [0.3, 0.4) is 0 Å². The minimum Gasteiger partial charge on any atom is -0.461 e. The highest BCUT2D eigenvalue weighted by atomic mass is 16.5. The number of carbonyl (C=O) groups is 3. The van der Waals surface area contributed by atoms with E-state index < -0.39 is 0 Å². The van der Waals surface area contributed by atoms with Crippen LogP contribution < -0.4 is 15.1 Å². The third kappa shape index (κ3) is 5.31. The number of ether oxygens (including phenoxy) is 1. The van der Waals surface area contributed by atoms with E-state index in [2.05, 4.69) is 10.2 Å². The van der Waals surface area contributed by atoms with E-state index in [4.69, 9.17) is 4.74 Å². The minimum absolute atomic E-state index is 0.0605. The zero-order valence-corrected chi connectivity index (χ0v) is 23.0. The Bertz CT molecular complexity index is 1610. The molecule has 2 aliphatic heterocycles. The molecule has 4 aromatic rings. The van der Waals surface area contributed by atoms with Gasteiger partial charge >= 0.3 is 5.97 Å². The van der Waals surface area contributed by atoms with Crippen LogP contribution in [0.1, 0.15) is 39.6 Å². The first-order valence-electron chi connectivity index (χ1n) is 13.8. The van der Waals surface area contributed by atoms with Crippen LogP contribution in [0.25, 0.3) is 11.1 Å². The molecule has 6 rings (SSSR count). The number of hydrogen-bond acceptors (Lipinski definition) is 5. The van der Waals surface area contributed by atoms with Gasteiger partial charge in [0.1, 0.15) is 6.10 Å². The lowest BCUT2D eigenvalue weighted by molar-refractivity contribution is -0.145. The van der Waals surface area contributed by atoms with Crippen molar-refractivity contribution in [3.63, 3.8) is 0 Å². The second kappa shape index (κ2) is 10.9. The summed E-state index contributed by atoms with van der Waals surface area (Å²) in [5, 5.41) is 2.98. The lowest BCUT2D eigenvalue weighted by Gasteiger charge is -2.40. The molecule has 2 aliphatic rings. The number of nitrogens with zero attached hydrogens (tertiary/aromatic N) is 2. The van der Waals surface area contributed by atoms with Gasteiger partial charge in [-0.25, -0.2) is 0 Å². The molecule has 1 fully saturated rings. The van der Waals surface area contributed by atoms with Crippen molar-refractivity contribution in [1.82, 2.24) is 0 Å². The summed E-state index contributed by atoms with van der Waals surface area (Å²) < 4.78 is 5.49.